The Bertz CT molecular complexity index is 896. The molecular weight excluding hydrogens is 336 g/mol. The number of benzene rings is 1. The van der Waals surface area contributed by atoms with Gasteiger partial charge in [-0.05, 0) is 38.0 Å². The molecule has 1 aromatic carbocycles. The van der Waals surface area contributed by atoms with E-state index in [1.54, 1.807) is 11.8 Å². The molecule has 0 saturated heterocycles. The number of anilines is 1. The quantitative estimate of drug-likeness (QED) is 0.718. The van der Waals surface area contributed by atoms with Gasteiger partial charge in [-0.25, -0.2) is 4.98 Å². The normalized spacial score (nSPS) is 11.2. The van der Waals surface area contributed by atoms with Gasteiger partial charge in [0.15, 0.2) is 0 Å². The van der Waals surface area contributed by atoms with Crippen molar-refractivity contribution in [2.24, 2.45) is 5.92 Å². The van der Waals surface area contributed by atoms with E-state index < -0.39 is 0 Å². The van der Waals surface area contributed by atoms with E-state index in [2.05, 4.69) is 15.4 Å². The predicted octanol–water partition coefficient (Wildman–Crippen LogP) is 4.17. The first-order valence-electron chi connectivity index (χ1n) is 8.38. The van der Waals surface area contributed by atoms with Crippen LogP contribution in [0.4, 0.5) is 5.82 Å². The topological polar surface area (TPSA) is 69.0 Å². The van der Waals surface area contributed by atoms with Gasteiger partial charge in [0.2, 0.25) is 11.0 Å². The summed E-state index contributed by atoms with van der Waals surface area (Å²) in [4.78, 5) is 17.1. The summed E-state index contributed by atoms with van der Waals surface area (Å²) in [5.74, 6) is 1.47. The molecule has 0 aliphatic heterocycles. The van der Waals surface area contributed by atoms with E-state index in [4.69, 9.17) is 4.74 Å². The number of nitrogens with zero attached hydrogens (tertiary/aromatic N) is 3. The zero-order valence-corrected chi connectivity index (χ0v) is 15.7. The molecule has 1 amide bonds. The minimum Gasteiger partial charge on any atom is -0.497 e. The summed E-state index contributed by atoms with van der Waals surface area (Å²) in [7, 11) is 1.64. The summed E-state index contributed by atoms with van der Waals surface area (Å²) in [6, 6.07) is 7.63. The number of aromatic nitrogens is 3. The van der Waals surface area contributed by atoms with Gasteiger partial charge in [-0.1, -0.05) is 25.2 Å². The number of methoxy groups -OCH3 is 1. The molecule has 0 saturated carbocycles. The fraction of sp³-hybridized carbons (Fsp3) is 0.389. The van der Waals surface area contributed by atoms with E-state index >= 15 is 0 Å². The van der Waals surface area contributed by atoms with Crippen LogP contribution in [0.3, 0.4) is 0 Å². The van der Waals surface area contributed by atoms with E-state index in [-0.39, 0.29) is 11.8 Å². The van der Waals surface area contributed by atoms with Crippen molar-refractivity contribution in [2.75, 3.05) is 12.4 Å². The van der Waals surface area contributed by atoms with Gasteiger partial charge in [0.05, 0.1) is 23.0 Å². The van der Waals surface area contributed by atoms with Crippen molar-refractivity contribution >= 4 is 33.3 Å². The molecule has 1 N–H and O–H groups in total. The molecule has 6 nitrogen and oxygen atoms in total. The molecule has 2 aromatic heterocycles. The highest BCUT2D eigenvalue weighted by atomic mass is 32.1. The SMILES string of the molecule is CCC(CC)C(=O)Nc1cc(C)nn1-c1nc2ccc(OC)cc2s1. The largest absolute Gasteiger partial charge is 0.497 e. The van der Waals surface area contributed by atoms with Crippen LogP contribution in [-0.4, -0.2) is 27.8 Å². The van der Waals surface area contributed by atoms with Crippen LogP contribution >= 0.6 is 11.3 Å². The molecule has 0 aliphatic carbocycles. The van der Waals surface area contributed by atoms with E-state index in [0.717, 1.165) is 39.6 Å². The molecule has 25 heavy (non-hydrogen) atoms. The van der Waals surface area contributed by atoms with Gasteiger partial charge in [-0.3, -0.25) is 4.79 Å². The van der Waals surface area contributed by atoms with Crippen molar-refractivity contribution in [1.29, 1.82) is 0 Å². The lowest BCUT2D eigenvalue weighted by molar-refractivity contribution is -0.120. The molecule has 0 radical (unpaired) electrons. The lowest BCUT2D eigenvalue weighted by Gasteiger charge is -2.12. The maximum absolute atomic E-state index is 12.4. The fourth-order valence-corrected chi connectivity index (χ4v) is 3.69. The summed E-state index contributed by atoms with van der Waals surface area (Å²) < 4.78 is 7.98. The second-order valence-electron chi connectivity index (χ2n) is 5.92. The first kappa shape index (κ1) is 17.4. The Morgan fingerprint density at radius 2 is 2.08 bits per heavy atom. The Labute approximate surface area is 150 Å². The lowest BCUT2D eigenvalue weighted by atomic mass is 10.0. The highest BCUT2D eigenvalue weighted by Gasteiger charge is 2.18. The smallest absolute Gasteiger partial charge is 0.228 e. The summed E-state index contributed by atoms with van der Waals surface area (Å²) in [6.07, 6.45) is 1.63. The molecule has 7 heteroatoms. The van der Waals surface area contributed by atoms with Gasteiger partial charge in [-0.15, -0.1) is 0 Å². The van der Waals surface area contributed by atoms with Gasteiger partial charge in [0, 0.05) is 12.0 Å². The minimum absolute atomic E-state index is 0.00304. The third-order valence-corrected chi connectivity index (χ3v) is 5.20. The monoisotopic (exact) mass is 358 g/mol. The number of carbonyl (C=O) groups is 1. The molecule has 0 aliphatic rings. The Balaban J connectivity index is 1.96. The number of nitrogens with one attached hydrogen (secondary N) is 1. The molecule has 0 bridgehead atoms. The van der Waals surface area contributed by atoms with E-state index in [0.29, 0.717) is 5.82 Å². The van der Waals surface area contributed by atoms with Crippen LogP contribution in [0.15, 0.2) is 24.3 Å². The van der Waals surface area contributed by atoms with E-state index in [9.17, 15) is 4.79 Å². The van der Waals surface area contributed by atoms with Crippen molar-refractivity contribution < 1.29 is 9.53 Å². The number of aryl methyl sites for hydroxylation is 1. The second kappa shape index (κ2) is 7.23. The number of ether oxygens (including phenoxy) is 1. The lowest BCUT2D eigenvalue weighted by Crippen LogP contribution is -2.23. The van der Waals surface area contributed by atoms with Crippen LogP contribution in [0, 0.1) is 12.8 Å². The highest BCUT2D eigenvalue weighted by Crippen LogP contribution is 2.30. The number of carbonyl (C=O) groups excluding carboxylic acids is 1. The molecule has 0 unspecified atom stereocenters. The summed E-state index contributed by atoms with van der Waals surface area (Å²) >= 11 is 1.51. The molecule has 3 rings (SSSR count). The van der Waals surface area contributed by atoms with Crippen molar-refractivity contribution in [3.8, 4) is 10.9 Å². The summed E-state index contributed by atoms with van der Waals surface area (Å²) in [5, 5.41) is 8.22. The van der Waals surface area contributed by atoms with E-state index in [1.807, 2.05) is 45.0 Å². The molecular formula is C18H22N4O2S. The zero-order valence-electron chi connectivity index (χ0n) is 14.9. The van der Waals surface area contributed by atoms with Gasteiger partial charge < -0.3 is 10.1 Å². The third kappa shape index (κ3) is 3.51. The Hall–Kier alpha value is -2.41. The number of rotatable bonds is 6. The number of amides is 1. The van der Waals surface area contributed by atoms with Crippen LogP contribution < -0.4 is 10.1 Å². The Morgan fingerprint density at radius 1 is 1.32 bits per heavy atom. The third-order valence-electron chi connectivity index (χ3n) is 4.20. The number of hydrogen-bond acceptors (Lipinski definition) is 5. The van der Waals surface area contributed by atoms with Crippen LogP contribution in [0.25, 0.3) is 15.3 Å². The molecule has 0 atom stereocenters. The zero-order chi connectivity index (χ0) is 18.0. The predicted molar refractivity (Wildman–Crippen MR) is 101 cm³/mol. The number of fused-ring (bicyclic) bond motifs is 1. The van der Waals surface area contributed by atoms with Gasteiger partial charge in [0.25, 0.3) is 0 Å². The Kier molecular flexibility index (Phi) is 5.03. The minimum atomic E-state index is 0.00304. The molecule has 132 valence electrons. The van der Waals surface area contributed by atoms with Crippen LogP contribution in [0.5, 0.6) is 5.75 Å². The standard InChI is InChI=1S/C18H22N4O2S/c1-5-12(6-2)17(23)20-16-9-11(3)21-22(16)18-19-14-8-7-13(24-4)10-15(14)25-18/h7-10,12H,5-6H2,1-4H3,(H,20,23). The first-order chi connectivity index (χ1) is 12.0. The molecule has 0 fully saturated rings. The van der Waals surface area contributed by atoms with Crippen molar-refractivity contribution in [3.63, 3.8) is 0 Å². The molecule has 0 spiro atoms. The second-order valence-corrected chi connectivity index (χ2v) is 6.92. The average Bonchev–Trinajstić information content (AvgIpc) is 3.18. The fourth-order valence-electron chi connectivity index (χ4n) is 2.73. The van der Waals surface area contributed by atoms with Crippen LogP contribution in [0.1, 0.15) is 32.4 Å². The van der Waals surface area contributed by atoms with Crippen molar-refractivity contribution in [1.82, 2.24) is 14.8 Å². The van der Waals surface area contributed by atoms with Crippen molar-refractivity contribution in [3.05, 3.63) is 30.0 Å². The van der Waals surface area contributed by atoms with E-state index in [1.165, 1.54) is 11.3 Å². The van der Waals surface area contributed by atoms with Crippen LogP contribution in [-0.2, 0) is 4.79 Å². The summed E-state index contributed by atoms with van der Waals surface area (Å²) in [5.41, 5.74) is 1.71. The molecule has 2 heterocycles. The van der Waals surface area contributed by atoms with Gasteiger partial charge >= 0.3 is 0 Å². The summed E-state index contributed by atoms with van der Waals surface area (Å²) in [6.45, 7) is 5.95. The molecule has 3 aromatic rings. The average molecular weight is 358 g/mol. The van der Waals surface area contributed by atoms with Gasteiger partial charge in [0.1, 0.15) is 11.6 Å². The Morgan fingerprint density at radius 3 is 2.76 bits per heavy atom. The van der Waals surface area contributed by atoms with Crippen LogP contribution in [0.2, 0.25) is 0 Å². The highest BCUT2D eigenvalue weighted by molar-refractivity contribution is 7.20. The maximum atomic E-state index is 12.4. The number of thiazole rings is 1. The first-order valence-corrected chi connectivity index (χ1v) is 9.19. The van der Waals surface area contributed by atoms with Crippen molar-refractivity contribution in [2.45, 2.75) is 33.6 Å². The maximum Gasteiger partial charge on any atom is 0.228 e. The number of hydrogen-bond donors (Lipinski definition) is 1. The van der Waals surface area contributed by atoms with Gasteiger partial charge in [-0.2, -0.15) is 9.78 Å².